The van der Waals surface area contributed by atoms with Crippen molar-refractivity contribution in [3.8, 4) is 0 Å². The highest BCUT2D eigenvalue weighted by atomic mass is 32.1. The molecule has 0 aliphatic rings. The molecule has 84 valence electrons. The zero-order valence-corrected chi connectivity index (χ0v) is 10.9. The summed E-state index contributed by atoms with van der Waals surface area (Å²) in [5.41, 5.74) is 4.79. The fraction of sp³-hybridized carbons (Fsp3) is 0.357. The molecule has 0 saturated heterocycles. The Bertz CT molecular complexity index is 517. The van der Waals surface area contributed by atoms with Gasteiger partial charge in [0.25, 0.3) is 0 Å². The first-order valence-electron chi connectivity index (χ1n) is 5.63. The van der Waals surface area contributed by atoms with Gasteiger partial charge in [-0.25, -0.2) is 0 Å². The van der Waals surface area contributed by atoms with Crippen LogP contribution in [-0.2, 0) is 5.75 Å². The second-order valence-electron chi connectivity index (χ2n) is 4.54. The van der Waals surface area contributed by atoms with Crippen LogP contribution in [0.25, 0.3) is 10.9 Å². The third-order valence-electron chi connectivity index (χ3n) is 2.83. The lowest BCUT2D eigenvalue weighted by molar-refractivity contribution is 0.828. The minimum Gasteiger partial charge on any atom is -0.253 e. The summed E-state index contributed by atoms with van der Waals surface area (Å²) < 4.78 is 0. The zero-order chi connectivity index (χ0) is 11.7. The Hall–Kier alpha value is -1.02. The van der Waals surface area contributed by atoms with Crippen molar-refractivity contribution in [1.29, 1.82) is 0 Å². The van der Waals surface area contributed by atoms with Crippen molar-refractivity contribution < 1.29 is 0 Å². The van der Waals surface area contributed by atoms with Gasteiger partial charge in [0, 0.05) is 16.8 Å². The van der Waals surface area contributed by atoms with E-state index in [0.717, 1.165) is 17.0 Å². The molecule has 0 unspecified atom stereocenters. The second kappa shape index (κ2) is 4.46. The van der Waals surface area contributed by atoms with Gasteiger partial charge in [-0.05, 0) is 36.6 Å². The second-order valence-corrected chi connectivity index (χ2v) is 4.86. The molecular formula is C14H17NS. The van der Waals surface area contributed by atoms with Crippen molar-refractivity contribution in [3.05, 3.63) is 41.1 Å². The Balaban J connectivity index is 2.73. The lowest BCUT2D eigenvalue weighted by Gasteiger charge is -2.10. The van der Waals surface area contributed by atoms with Crippen molar-refractivity contribution in [1.82, 2.24) is 4.98 Å². The smallest absolute Gasteiger partial charge is 0.0708 e. The number of aromatic nitrogens is 1. The van der Waals surface area contributed by atoms with E-state index >= 15 is 0 Å². The van der Waals surface area contributed by atoms with Crippen molar-refractivity contribution >= 4 is 23.5 Å². The molecule has 1 nitrogen and oxygen atoms in total. The molecule has 1 aromatic heterocycles. The summed E-state index contributed by atoms with van der Waals surface area (Å²) in [5, 5.41) is 1.24. The third kappa shape index (κ3) is 2.07. The number of thiol groups is 1. The SMILES string of the molecule is Cc1ccc2nc(C(C)C)cc(CS)c2c1. The first kappa shape index (κ1) is 11.5. The largest absolute Gasteiger partial charge is 0.253 e. The monoisotopic (exact) mass is 231 g/mol. The Morgan fingerprint density at radius 3 is 2.62 bits per heavy atom. The average molecular weight is 231 g/mol. The fourth-order valence-corrected chi connectivity index (χ4v) is 2.12. The van der Waals surface area contributed by atoms with Gasteiger partial charge in [-0.2, -0.15) is 12.6 Å². The first-order chi connectivity index (χ1) is 7.61. The maximum Gasteiger partial charge on any atom is 0.0708 e. The molecule has 2 rings (SSSR count). The van der Waals surface area contributed by atoms with Crippen molar-refractivity contribution in [3.63, 3.8) is 0 Å². The van der Waals surface area contributed by atoms with Gasteiger partial charge in [-0.15, -0.1) is 0 Å². The van der Waals surface area contributed by atoms with E-state index < -0.39 is 0 Å². The summed E-state index contributed by atoms with van der Waals surface area (Å²) in [7, 11) is 0. The zero-order valence-electron chi connectivity index (χ0n) is 9.99. The van der Waals surface area contributed by atoms with E-state index in [1.54, 1.807) is 0 Å². The summed E-state index contributed by atoms with van der Waals surface area (Å²) in [5.74, 6) is 1.23. The number of rotatable bonds is 2. The van der Waals surface area contributed by atoms with Crippen LogP contribution in [0, 0.1) is 6.92 Å². The van der Waals surface area contributed by atoms with Crippen LogP contribution in [0.4, 0.5) is 0 Å². The van der Waals surface area contributed by atoms with Crippen LogP contribution in [-0.4, -0.2) is 4.98 Å². The summed E-state index contributed by atoms with van der Waals surface area (Å²) in [6.07, 6.45) is 0. The normalized spacial score (nSPS) is 11.3. The quantitative estimate of drug-likeness (QED) is 0.768. The van der Waals surface area contributed by atoms with E-state index in [4.69, 9.17) is 4.98 Å². The molecule has 1 aromatic carbocycles. The number of benzene rings is 1. The van der Waals surface area contributed by atoms with Crippen LogP contribution >= 0.6 is 12.6 Å². The molecule has 0 saturated carbocycles. The molecule has 2 heteroatoms. The summed E-state index contributed by atoms with van der Waals surface area (Å²) >= 11 is 4.41. The number of pyridine rings is 1. The maximum absolute atomic E-state index is 4.69. The van der Waals surface area contributed by atoms with Gasteiger partial charge in [0.2, 0.25) is 0 Å². The summed E-state index contributed by atoms with van der Waals surface area (Å²) in [4.78, 5) is 4.69. The van der Waals surface area contributed by atoms with E-state index in [0.29, 0.717) is 5.92 Å². The molecule has 0 N–H and O–H groups in total. The van der Waals surface area contributed by atoms with Crippen LogP contribution in [0.1, 0.15) is 36.6 Å². The lowest BCUT2D eigenvalue weighted by atomic mass is 10.0. The van der Waals surface area contributed by atoms with Gasteiger partial charge in [-0.1, -0.05) is 25.5 Å². The number of nitrogens with zero attached hydrogens (tertiary/aromatic N) is 1. The van der Waals surface area contributed by atoms with E-state index in [2.05, 4.69) is 57.7 Å². The van der Waals surface area contributed by atoms with E-state index in [-0.39, 0.29) is 0 Å². The molecule has 0 atom stereocenters. The molecule has 0 fully saturated rings. The molecule has 0 bridgehead atoms. The predicted molar refractivity (Wildman–Crippen MR) is 73.3 cm³/mol. The Morgan fingerprint density at radius 1 is 1.25 bits per heavy atom. The van der Waals surface area contributed by atoms with E-state index in [1.165, 1.54) is 16.5 Å². The fourth-order valence-electron chi connectivity index (χ4n) is 1.86. The molecule has 2 aromatic rings. The minimum atomic E-state index is 0.462. The molecule has 0 amide bonds. The van der Waals surface area contributed by atoms with Crippen molar-refractivity contribution in [2.75, 3.05) is 0 Å². The van der Waals surface area contributed by atoms with Crippen LogP contribution in [0.5, 0.6) is 0 Å². The Labute approximate surface area is 102 Å². The topological polar surface area (TPSA) is 12.9 Å². The summed E-state index contributed by atoms with van der Waals surface area (Å²) in [6.45, 7) is 6.45. The Morgan fingerprint density at radius 2 is 2.00 bits per heavy atom. The van der Waals surface area contributed by atoms with Gasteiger partial charge >= 0.3 is 0 Å². The minimum absolute atomic E-state index is 0.462. The molecule has 0 spiro atoms. The number of fused-ring (bicyclic) bond motifs is 1. The van der Waals surface area contributed by atoms with Gasteiger partial charge in [0.05, 0.1) is 5.52 Å². The van der Waals surface area contributed by atoms with E-state index in [1.807, 2.05) is 0 Å². The highest BCUT2D eigenvalue weighted by Crippen LogP contribution is 2.24. The predicted octanol–water partition coefficient (Wildman–Crippen LogP) is 4.10. The number of aryl methyl sites for hydroxylation is 1. The van der Waals surface area contributed by atoms with Crippen LogP contribution in [0.2, 0.25) is 0 Å². The van der Waals surface area contributed by atoms with Crippen LogP contribution in [0.3, 0.4) is 0 Å². The van der Waals surface area contributed by atoms with Gasteiger partial charge in [0.15, 0.2) is 0 Å². The van der Waals surface area contributed by atoms with Gasteiger partial charge in [-0.3, -0.25) is 4.98 Å². The summed E-state index contributed by atoms with van der Waals surface area (Å²) in [6, 6.07) is 8.59. The highest BCUT2D eigenvalue weighted by Gasteiger charge is 2.07. The average Bonchev–Trinajstić information content (AvgIpc) is 2.27. The first-order valence-corrected chi connectivity index (χ1v) is 6.26. The maximum atomic E-state index is 4.69. The van der Waals surface area contributed by atoms with Gasteiger partial charge in [0.1, 0.15) is 0 Å². The van der Waals surface area contributed by atoms with Crippen LogP contribution in [0.15, 0.2) is 24.3 Å². The molecule has 0 aliphatic carbocycles. The Kier molecular flexibility index (Phi) is 3.20. The molecule has 0 radical (unpaired) electrons. The van der Waals surface area contributed by atoms with Crippen molar-refractivity contribution in [2.24, 2.45) is 0 Å². The molecule has 0 aliphatic heterocycles. The number of hydrogen-bond acceptors (Lipinski definition) is 2. The standard InChI is InChI=1S/C14H17NS/c1-9(2)14-7-11(8-16)12-6-10(3)4-5-13(12)15-14/h4-7,9,16H,8H2,1-3H3. The number of hydrogen-bond donors (Lipinski definition) is 1. The molecular weight excluding hydrogens is 214 g/mol. The molecule has 16 heavy (non-hydrogen) atoms. The van der Waals surface area contributed by atoms with Crippen molar-refractivity contribution in [2.45, 2.75) is 32.4 Å². The molecule has 1 heterocycles. The third-order valence-corrected chi connectivity index (χ3v) is 3.17. The lowest BCUT2D eigenvalue weighted by Crippen LogP contribution is -1.96. The van der Waals surface area contributed by atoms with E-state index in [9.17, 15) is 0 Å². The van der Waals surface area contributed by atoms with Gasteiger partial charge < -0.3 is 0 Å². The van der Waals surface area contributed by atoms with Crippen LogP contribution < -0.4 is 0 Å². The highest BCUT2D eigenvalue weighted by molar-refractivity contribution is 7.79.